The highest BCUT2D eigenvalue weighted by atomic mass is 16.5. The van der Waals surface area contributed by atoms with E-state index in [9.17, 15) is 14.4 Å². The monoisotopic (exact) mass is 460 g/mol. The number of hydrogen-bond acceptors (Lipinski definition) is 5. The smallest absolute Gasteiger partial charge is 0.412 e. The van der Waals surface area contributed by atoms with Crippen LogP contribution in [0.5, 0.6) is 0 Å². The van der Waals surface area contributed by atoms with Gasteiger partial charge in [0.05, 0.1) is 5.92 Å². The number of nitrogens with one attached hydrogen (secondary N) is 2. The van der Waals surface area contributed by atoms with E-state index in [2.05, 4.69) is 27.9 Å². The summed E-state index contributed by atoms with van der Waals surface area (Å²) >= 11 is 0. The minimum Gasteiger partial charge on any atom is -0.481 e. The minimum atomic E-state index is -0.841. The van der Waals surface area contributed by atoms with Crippen LogP contribution in [0.1, 0.15) is 34.0 Å². The molecule has 1 aromatic heterocycles. The molecule has 9 nitrogen and oxygen atoms in total. The summed E-state index contributed by atoms with van der Waals surface area (Å²) < 4.78 is 6.92. The van der Waals surface area contributed by atoms with Gasteiger partial charge in [-0.1, -0.05) is 48.5 Å². The summed E-state index contributed by atoms with van der Waals surface area (Å²) in [5.74, 6) is -1.45. The van der Waals surface area contributed by atoms with E-state index >= 15 is 0 Å². The SMILES string of the molecule is Cn1nc(C(=O)NC[C@@H]2C[C@@H]2C(=O)O)cc1NC(=O)OCC1c2ccccc2-c2ccccc21. The van der Waals surface area contributed by atoms with E-state index in [1.807, 2.05) is 36.4 Å². The van der Waals surface area contributed by atoms with Gasteiger partial charge in [-0.3, -0.25) is 19.6 Å². The van der Waals surface area contributed by atoms with Crippen molar-refractivity contribution >= 4 is 23.8 Å². The molecule has 2 aromatic carbocycles. The Labute approximate surface area is 195 Å². The number of carbonyl (C=O) groups excluding carboxylic acids is 2. The van der Waals surface area contributed by atoms with Gasteiger partial charge in [0.2, 0.25) is 0 Å². The molecule has 0 saturated heterocycles. The zero-order valence-electron chi connectivity index (χ0n) is 18.5. The maximum absolute atomic E-state index is 12.5. The molecule has 9 heteroatoms. The molecule has 34 heavy (non-hydrogen) atoms. The van der Waals surface area contributed by atoms with E-state index in [1.165, 1.54) is 10.7 Å². The van der Waals surface area contributed by atoms with Crippen molar-refractivity contribution in [3.8, 4) is 11.1 Å². The highest BCUT2D eigenvalue weighted by Gasteiger charge is 2.43. The first-order chi connectivity index (χ1) is 16.4. The van der Waals surface area contributed by atoms with Crippen LogP contribution in [0.2, 0.25) is 0 Å². The summed E-state index contributed by atoms with van der Waals surface area (Å²) in [6.07, 6.45) is -0.0778. The van der Waals surface area contributed by atoms with Gasteiger partial charge in [0, 0.05) is 25.6 Å². The molecule has 3 N–H and O–H groups in total. The lowest BCUT2D eigenvalue weighted by Gasteiger charge is -2.14. The molecule has 5 rings (SSSR count). The molecule has 1 heterocycles. The van der Waals surface area contributed by atoms with Gasteiger partial charge in [0.25, 0.3) is 5.91 Å². The number of amides is 2. The Bertz CT molecular complexity index is 1240. The van der Waals surface area contributed by atoms with Crippen LogP contribution in [-0.4, -0.2) is 46.0 Å². The molecular formula is C25H24N4O5. The quantitative estimate of drug-likeness (QED) is 0.498. The molecule has 0 radical (unpaired) electrons. The van der Waals surface area contributed by atoms with Crippen LogP contribution in [0.15, 0.2) is 54.6 Å². The molecule has 1 fully saturated rings. The number of fused-ring (bicyclic) bond motifs is 3. The van der Waals surface area contributed by atoms with Gasteiger partial charge in [-0.15, -0.1) is 0 Å². The Morgan fingerprint density at radius 1 is 1.09 bits per heavy atom. The second-order valence-corrected chi connectivity index (χ2v) is 8.64. The van der Waals surface area contributed by atoms with Crippen LogP contribution in [-0.2, 0) is 16.6 Å². The average molecular weight is 460 g/mol. The van der Waals surface area contributed by atoms with Crippen molar-refractivity contribution in [3.05, 3.63) is 71.4 Å². The second-order valence-electron chi connectivity index (χ2n) is 8.64. The van der Waals surface area contributed by atoms with Crippen molar-refractivity contribution in [3.63, 3.8) is 0 Å². The van der Waals surface area contributed by atoms with Gasteiger partial charge in [-0.2, -0.15) is 5.10 Å². The molecule has 0 unspecified atom stereocenters. The molecule has 0 spiro atoms. The Morgan fingerprint density at radius 3 is 2.35 bits per heavy atom. The number of carbonyl (C=O) groups is 3. The highest BCUT2D eigenvalue weighted by molar-refractivity contribution is 5.94. The molecule has 0 bridgehead atoms. The van der Waals surface area contributed by atoms with E-state index in [0.717, 1.165) is 22.3 Å². The van der Waals surface area contributed by atoms with Crippen molar-refractivity contribution in [2.75, 3.05) is 18.5 Å². The third kappa shape index (κ3) is 4.12. The lowest BCUT2D eigenvalue weighted by atomic mass is 9.98. The van der Waals surface area contributed by atoms with E-state index in [1.54, 1.807) is 7.05 Å². The number of carboxylic acids is 1. The van der Waals surface area contributed by atoms with Crippen LogP contribution in [0.3, 0.4) is 0 Å². The number of rotatable bonds is 7. The van der Waals surface area contributed by atoms with Gasteiger partial charge in [0.1, 0.15) is 12.4 Å². The number of benzene rings is 2. The van der Waals surface area contributed by atoms with Gasteiger partial charge >= 0.3 is 12.1 Å². The van der Waals surface area contributed by atoms with E-state index in [0.29, 0.717) is 12.2 Å². The fraction of sp³-hybridized carbons (Fsp3) is 0.280. The summed E-state index contributed by atoms with van der Waals surface area (Å²) in [5, 5.41) is 18.4. The van der Waals surface area contributed by atoms with Crippen molar-refractivity contribution in [2.24, 2.45) is 18.9 Å². The molecule has 2 atom stereocenters. The fourth-order valence-corrected chi connectivity index (χ4v) is 4.52. The Hall–Kier alpha value is -4.14. The molecule has 2 aliphatic rings. The zero-order valence-corrected chi connectivity index (χ0v) is 18.5. The van der Waals surface area contributed by atoms with E-state index < -0.39 is 23.9 Å². The third-order valence-electron chi connectivity index (χ3n) is 6.45. The predicted octanol–water partition coefficient (Wildman–Crippen LogP) is 3.23. The highest BCUT2D eigenvalue weighted by Crippen LogP contribution is 2.44. The van der Waals surface area contributed by atoms with Crippen molar-refractivity contribution < 1.29 is 24.2 Å². The molecular weight excluding hydrogens is 436 g/mol. The summed E-state index contributed by atoms with van der Waals surface area (Å²) in [4.78, 5) is 35.8. The Balaban J connectivity index is 1.19. The number of aryl methyl sites for hydroxylation is 1. The molecule has 2 amide bonds. The number of anilines is 1. The van der Waals surface area contributed by atoms with Crippen LogP contribution in [0.25, 0.3) is 11.1 Å². The number of hydrogen-bond donors (Lipinski definition) is 3. The van der Waals surface area contributed by atoms with Crippen molar-refractivity contribution in [1.29, 1.82) is 0 Å². The third-order valence-corrected chi connectivity index (χ3v) is 6.45. The van der Waals surface area contributed by atoms with E-state index in [-0.39, 0.29) is 30.7 Å². The second kappa shape index (κ2) is 8.66. The Morgan fingerprint density at radius 2 is 1.74 bits per heavy atom. The fourth-order valence-electron chi connectivity index (χ4n) is 4.52. The summed E-state index contributed by atoms with van der Waals surface area (Å²) in [6.45, 7) is 0.457. The van der Waals surface area contributed by atoms with Gasteiger partial charge in [0.15, 0.2) is 5.69 Å². The molecule has 2 aliphatic carbocycles. The van der Waals surface area contributed by atoms with Crippen LogP contribution >= 0.6 is 0 Å². The first-order valence-corrected chi connectivity index (χ1v) is 11.1. The van der Waals surface area contributed by atoms with Crippen LogP contribution in [0, 0.1) is 11.8 Å². The number of aliphatic carboxylic acids is 1. The summed E-state index contributed by atoms with van der Waals surface area (Å²) in [6, 6.07) is 17.6. The van der Waals surface area contributed by atoms with Gasteiger partial charge < -0.3 is 15.2 Å². The van der Waals surface area contributed by atoms with Crippen molar-refractivity contribution in [1.82, 2.24) is 15.1 Å². The normalized spacial score (nSPS) is 18.0. The number of ether oxygens (including phenoxy) is 1. The maximum atomic E-state index is 12.5. The molecule has 0 aliphatic heterocycles. The lowest BCUT2D eigenvalue weighted by molar-refractivity contribution is -0.138. The largest absolute Gasteiger partial charge is 0.481 e. The standard InChI is InChI=1S/C25H24N4O5/c1-29-22(11-21(28-29)23(30)26-12-14-10-19(14)24(31)32)27-25(33)34-13-20-17-8-4-2-6-15(17)16-7-3-5-9-18(16)20/h2-9,11,14,19-20H,10,12-13H2,1H3,(H,26,30)(H,27,33)(H,31,32)/t14-,19-/m0/s1. The minimum absolute atomic E-state index is 0.0522. The number of carboxylic acid groups (broad SMARTS) is 1. The lowest BCUT2D eigenvalue weighted by Crippen LogP contribution is -2.27. The van der Waals surface area contributed by atoms with Gasteiger partial charge in [-0.25, -0.2) is 4.79 Å². The summed E-state index contributed by atoms with van der Waals surface area (Å²) in [5.41, 5.74) is 4.67. The number of nitrogens with zero attached hydrogens (tertiary/aromatic N) is 2. The number of aromatic nitrogens is 2. The average Bonchev–Trinajstić information content (AvgIpc) is 3.44. The van der Waals surface area contributed by atoms with Crippen LogP contribution < -0.4 is 10.6 Å². The van der Waals surface area contributed by atoms with Crippen molar-refractivity contribution in [2.45, 2.75) is 12.3 Å². The topological polar surface area (TPSA) is 123 Å². The first-order valence-electron chi connectivity index (χ1n) is 11.1. The maximum Gasteiger partial charge on any atom is 0.412 e. The Kier molecular flexibility index (Phi) is 5.53. The molecule has 174 valence electrons. The van der Waals surface area contributed by atoms with Crippen LogP contribution in [0.4, 0.5) is 10.6 Å². The molecule has 1 saturated carbocycles. The van der Waals surface area contributed by atoms with Gasteiger partial charge in [-0.05, 0) is 34.6 Å². The zero-order chi connectivity index (χ0) is 23.8. The summed E-state index contributed by atoms with van der Waals surface area (Å²) in [7, 11) is 1.61. The molecule has 3 aromatic rings. The first kappa shape index (κ1) is 21.7. The van der Waals surface area contributed by atoms with E-state index in [4.69, 9.17) is 9.84 Å². The predicted molar refractivity (Wildman–Crippen MR) is 123 cm³/mol.